The maximum Gasteiger partial charge on any atom is 0.340 e. The van der Waals surface area contributed by atoms with Gasteiger partial charge in [0.05, 0.1) is 5.69 Å². The van der Waals surface area contributed by atoms with Crippen molar-refractivity contribution in [2.75, 3.05) is 24.4 Å². The number of anilines is 1. The van der Waals surface area contributed by atoms with E-state index in [-0.39, 0.29) is 10.6 Å². The van der Waals surface area contributed by atoms with Crippen molar-refractivity contribution in [2.24, 2.45) is 0 Å². The van der Waals surface area contributed by atoms with Gasteiger partial charge in [0.1, 0.15) is 10.6 Å². The first-order valence-corrected chi connectivity index (χ1v) is 8.46. The number of aromatic carboxylic acids is 1. The van der Waals surface area contributed by atoms with Gasteiger partial charge in [-0.3, -0.25) is 0 Å². The minimum absolute atomic E-state index is 0.0434. The van der Waals surface area contributed by atoms with Crippen molar-refractivity contribution in [3.8, 4) is 0 Å². The zero-order valence-corrected chi connectivity index (χ0v) is 13.0. The van der Waals surface area contributed by atoms with Crippen LogP contribution < -0.4 is 4.31 Å². The van der Waals surface area contributed by atoms with Crippen molar-refractivity contribution < 1.29 is 18.3 Å². The van der Waals surface area contributed by atoms with E-state index in [0.717, 1.165) is 35.1 Å². The maximum atomic E-state index is 12.5. The monoisotopic (exact) mass is 319 g/mol. The van der Waals surface area contributed by atoms with Gasteiger partial charge in [0.25, 0.3) is 0 Å². The molecule has 1 aromatic rings. The summed E-state index contributed by atoms with van der Waals surface area (Å²) in [5.74, 6) is -1.16. The predicted octanol–water partition coefficient (Wildman–Crippen LogP) is 1.32. The summed E-state index contributed by atoms with van der Waals surface area (Å²) >= 11 is 0.893. The number of rotatable bonds is 4. The Balaban J connectivity index is 2.35. The van der Waals surface area contributed by atoms with Crippen LogP contribution in [0.1, 0.15) is 35.3 Å². The fourth-order valence-electron chi connectivity index (χ4n) is 2.19. The molecule has 20 heavy (non-hydrogen) atoms. The van der Waals surface area contributed by atoms with Gasteiger partial charge in [0.2, 0.25) is 0 Å². The SMILES string of the molecule is Cc1nsc(N(C)S(=O)(=O)N2CCCCC2)c1C(=O)O. The molecule has 0 aromatic carbocycles. The molecule has 2 heterocycles. The molecule has 1 aliphatic heterocycles. The van der Waals surface area contributed by atoms with E-state index in [9.17, 15) is 18.3 Å². The molecule has 7 nitrogen and oxygen atoms in total. The third-order valence-corrected chi connectivity index (χ3v) is 6.36. The Kier molecular flexibility index (Phi) is 4.31. The molecule has 0 saturated carbocycles. The molecule has 0 unspecified atom stereocenters. The highest BCUT2D eigenvalue weighted by Crippen LogP contribution is 2.31. The molecule has 9 heteroatoms. The summed E-state index contributed by atoms with van der Waals surface area (Å²) < 4.78 is 31.4. The van der Waals surface area contributed by atoms with E-state index in [4.69, 9.17) is 0 Å². The highest BCUT2D eigenvalue weighted by Gasteiger charge is 2.32. The van der Waals surface area contributed by atoms with E-state index < -0.39 is 16.2 Å². The third kappa shape index (κ3) is 2.65. The molecule has 0 amide bonds. The molecule has 1 N–H and O–H groups in total. The fourth-order valence-corrected chi connectivity index (χ4v) is 4.70. The van der Waals surface area contributed by atoms with E-state index in [1.165, 1.54) is 11.4 Å². The highest BCUT2D eigenvalue weighted by atomic mass is 32.2. The summed E-state index contributed by atoms with van der Waals surface area (Å²) in [5, 5.41) is 9.35. The lowest BCUT2D eigenvalue weighted by Crippen LogP contribution is -2.44. The minimum atomic E-state index is -3.68. The predicted molar refractivity (Wildman–Crippen MR) is 76.6 cm³/mol. The topological polar surface area (TPSA) is 90.8 Å². The first kappa shape index (κ1) is 15.2. The van der Waals surface area contributed by atoms with Crippen LogP contribution in [0.3, 0.4) is 0 Å². The van der Waals surface area contributed by atoms with Crippen molar-refractivity contribution >= 4 is 32.7 Å². The van der Waals surface area contributed by atoms with E-state index >= 15 is 0 Å². The number of aromatic nitrogens is 1. The second-order valence-corrected chi connectivity index (χ2v) is 7.40. The van der Waals surface area contributed by atoms with Crippen LogP contribution in [0.4, 0.5) is 5.00 Å². The van der Waals surface area contributed by atoms with Crippen LogP contribution in [0, 0.1) is 6.92 Å². The van der Waals surface area contributed by atoms with E-state index in [0.29, 0.717) is 18.8 Å². The van der Waals surface area contributed by atoms with E-state index in [2.05, 4.69) is 4.37 Å². The maximum absolute atomic E-state index is 12.5. The average Bonchev–Trinajstić information content (AvgIpc) is 2.80. The summed E-state index contributed by atoms with van der Waals surface area (Å²) in [7, 11) is -2.31. The lowest BCUT2D eigenvalue weighted by molar-refractivity contribution is 0.0697. The number of hydrogen-bond donors (Lipinski definition) is 1. The molecule has 0 bridgehead atoms. The van der Waals surface area contributed by atoms with Gasteiger partial charge in [-0.25, -0.2) is 9.10 Å². The van der Waals surface area contributed by atoms with Crippen LogP contribution >= 0.6 is 11.5 Å². The average molecular weight is 319 g/mol. The zero-order chi connectivity index (χ0) is 14.9. The molecule has 1 saturated heterocycles. The standard InChI is InChI=1S/C11H17N3O4S2/c1-8-9(11(15)16)10(19-12-8)13(2)20(17,18)14-6-4-3-5-7-14/h3-7H2,1-2H3,(H,15,16). The van der Waals surface area contributed by atoms with Crippen LogP contribution in [0.5, 0.6) is 0 Å². The fraction of sp³-hybridized carbons (Fsp3) is 0.636. The molecular formula is C11H17N3O4S2. The van der Waals surface area contributed by atoms with Crippen molar-refractivity contribution in [1.29, 1.82) is 0 Å². The Labute approximate surface area is 122 Å². The summed E-state index contributed by atoms with van der Waals surface area (Å²) in [6, 6.07) is 0. The number of carboxylic acid groups (broad SMARTS) is 1. The Morgan fingerprint density at radius 2 is 1.95 bits per heavy atom. The van der Waals surface area contributed by atoms with Crippen LogP contribution in [-0.2, 0) is 10.2 Å². The van der Waals surface area contributed by atoms with Gasteiger partial charge in [-0.05, 0) is 31.3 Å². The molecule has 0 atom stereocenters. The Morgan fingerprint density at radius 1 is 1.35 bits per heavy atom. The summed E-state index contributed by atoms with van der Waals surface area (Å²) in [6.45, 7) is 2.52. The van der Waals surface area contributed by atoms with Gasteiger partial charge in [-0.2, -0.15) is 17.1 Å². The van der Waals surface area contributed by atoms with Gasteiger partial charge < -0.3 is 5.11 Å². The summed E-state index contributed by atoms with van der Waals surface area (Å²) in [5.41, 5.74) is 0.288. The first-order chi connectivity index (χ1) is 9.35. The quantitative estimate of drug-likeness (QED) is 0.903. The van der Waals surface area contributed by atoms with Crippen LogP contribution in [0.2, 0.25) is 0 Å². The first-order valence-electron chi connectivity index (χ1n) is 6.29. The van der Waals surface area contributed by atoms with Crippen LogP contribution in [0.25, 0.3) is 0 Å². The smallest absolute Gasteiger partial charge is 0.340 e. The third-order valence-electron chi connectivity index (χ3n) is 3.33. The molecule has 0 spiro atoms. The lowest BCUT2D eigenvalue weighted by atomic mass is 10.2. The summed E-state index contributed by atoms with van der Waals surface area (Å²) in [6.07, 6.45) is 2.69. The molecule has 1 aromatic heterocycles. The van der Waals surface area contributed by atoms with Crippen molar-refractivity contribution in [1.82, 2.24) is 8.68 Å². The Morgan fingerprint density at radius 3 is 2.50 bits per heavy atom. The van der Waals surface area contributed by atoms with Gasteiger partial charge in [0, 0.05) is 20.1 Å². The normalized spacial score (nSPS) is 17.1. The molecule has 2 rings (SSSR count). The number of hydrogen-bond acceptors (Lipinski definition) is 5. The van der Waals surface area contributed by atoms with Crippen LogP contribution in [-0.4, -0.2) is 48.3 Å². The number of aryl methyl sites for hydroxylation is 1. The molecule has 112 valence electrons. The number of carboxylic acids is 1. The number of nitrogens with zero attached hydrogens (tertiary/aromatic N) is 3. The van der Waals surface area contributed by atoms with E-state index in [1.54, 1.807) is 6.92 Å². The molecule has 1 fully saturated rings. The van der Waals surface area contributed by atoms with Crippen molar-refractivity contribution in [3.05, 3.63) is 11.3 Å². The molecular weight excluding hydrogens is 302 g/mol. The van der Waals surface area contributed by atoms with Crippen molar-refractivity contribution in [2.45, 2.75) is 26.2 Å². The molecule has 1 aliphatic rings. The highest BCUT2D eigenvalue weighted by molar-refractivity contribution is 7.90. The van der Waals surface area contributed by atoms with Crippen molar-refractivity contribution in [3.63, 3.8) is 0 Å². The summed E-state index contributed by atoms with van der Waals surface area (Å²) in [4.78, 5) is 11.2. The second kappa shape index (κ2) is 5.66. The molecule has 0 aliphatic carbocycles. The minimum Gasteiger partial charge on any atom is -0.478 e. The largest absolute Gasteiger partial charge is 0.478 e. The second-order valence-electron chi connectivity index (χ2n) is 4.69. The van der Waals surface area contributed by atoms with Gasteiger partial charge in [0.15, 0.2) is 0 Å². The Bertz CT molecular complexity index is 605. The van der Waals surface area contributed by atoms with Gasteiger partial charge >= 0.3 is 16.2 Å². The molecule has 0 radical (unpaired) electrons. The number of carbonyl (C=O) groups is 1. The zero-order valence-electron chi connectivity index (χ0n) is 11.4. The lowest BCUT2D eigenvalue weighted by Gasteiger charge is -2.30. The van der Waals surface area contributed by atoms with Gasteiger partial charge in [-0.15, -0.1) is 0 Å². The number of piperidine rings is 1. The van der Waals surface area contributed by atoms with Crippen LogP contribution in [0.15, 0.2) is 0 Å². The van der Waals surface area contributed by atoms with E-state index in [1.807, 2.05) is 0 Å². The van der Waals surface area contributed by atoms with Gasteiger partial charge in [-0.1, -0.05) is 6.42 Å². The Hall–Kier alpha value is -1.19.